The van der Waals surface area contributed by atoms with Gasteiger partial charge in [0.15, 0.2) is 0 Å². The molecule has 2 N–H and O–H groups in total. The van der Waals surface area contributed by atoms with E-state index in [1.165, 1.54) is 12.8 Å². The van der Waals surface area contributed by atoms with E-state index in [-0.39, 0.29) is 18.2 Å². The van der Waals surface area contributed by atoms with Gasteiger partial charge in [-0.2, -0.15) is 0 Å². The number of nitrogens with one attached hydrogen (secondary N) is 1. The fourth-order valence-corrected chi connectivity index (χ4v) is 2.72. The highest BCUT2D eigenvalue weighted by Gasteiger charge is 2.42. The van der Waals surface area contributed by atoms with Gasteiger partial charge in [-0.15, -0.1) is 0 Å². The maximum atomic E-state index is 9.61. The molecule has 4 heteroatoms. The van der Waals surface area contributed by atoms with Crippen LogP contribution in [0.25, 0.3) is 0 Å². The molecule has 0 aliphatic heterocycles. The normalized spacial score (nSPS) is 32.0. The zero-order valence-corrected chi connectivity index (χ0v) is 11.5. The molecule has 2 rings (SSSR count). The molecule has 2 aliphatic rings. The van der Waals surface area contributed by atoms with Crippen molar-refractivity contribution in [1.82, 2.24) is 5.32 Å². The lowest BCUT2D eigenvalue weighted by atomic mass is 9.98. The van der Waals surface area contributed by atoms with Gasteiger partial charge in [0, 0.05) is 18.2 Å². The van der Waals surface area contributed by atoms with E-state index in [0.717, 1.165) is 32.3 Å². The topological polar surface area (TPSA) is 50.7 Å². The molecule has 2 atom stereocenters. The highest BCUT2D eigenvalue weighted by Crippen LogP contribution is 2.35. The lowest BCUT2D eigenvalue weighted by Crippen LogP contribution is -2.48. The molecule has 0 aromatic carbocycles. The Hall–Kier alpha value is -0.160. The molecule has 0 radical (unpaired) electrons. The van der Waals surface area contributed by atoms with Crippen LogP contribution in [0.15, 0.2) is 0 Å². The first-order valence-corrected chi connectivity index (χ1v) is 7.36. The van der Waals surface area contributed by atoms with Crippen LogP contribution in [-0.2, 0) is 9.47 Å². The Labute approximate surface area is 110 Å². The molecule has 4 nitrogen and oxygen atoms in total. The first-order valence-electron chi connectivity index (χ1n) is 7.36. The highest BCUT2D eigenvalue weighted by atomic mass is 16.5. The maximum Gasteiger partial charge on any atom is 0.0704 e. The Morgan fingerprint density at radius 1 is 1.22 bits per heavy atom. The van der Waals surface area contributed by atoms with Crippen LogP contribution in [0.5, 0.6) is 0 Å². The van der Waals surface area contributed by atoms with Crippen molar-refractivity contribution in [3.8, 4) is 0 Å². The molecule has 2 aliphatic carbocycles. The van der Waals surface area contributed by atoms with Gasteiger partial charge in [0.2, 0.25) is 0 Å². The minimum absolute atomic E-state index is 0.0733. The molecule has 0 aromatic rings. The fourth-order valence-electron chi connectivity index (χ4n) is 2.72. The number of hydrogen-bond donors (Lipinski definition) is 2. The third-order valence-corrected chi connectivity index (χ3v) is 3.88. The number of aliphatic hydroxyl groups is 1. The van der Waals surface area contributed by atoms with E-state index < -0.39 is 0 Å². The molecule has 2 unspecified atom stereocenters. The van der Waals surface area contributed by atoms with E-state index in [2.05, 4.69) is 12.2 Å². The Bertz CT molecular complexity index is 245. The summed E-state index contributed by atoms with van der Waals surface area (Å²) in [4.78, 5) is 0. The van der Waals surface area contributed by atoms with Crippen LogP contribution >= 0.6 is 0 Å². The smallest absolute Gasteiger partial charge is 0.0704 e. The molecule has 106 valence electrons. The minimum Gasteiger partial charge on any atom is -0.394 e. The van der Waals surface area contributed by atoms with Gasteiger partial charge in [0.05, 0.1) is 25.9 Å². The average molecular weight is 257 g/mol. The first kappa shape index (κ1) is 14.3. The van der Waals surface area contributed by atoms with Crippen LogP contribution in [0.3, 0.4) is 0 Å². The van der Waals surface area contributed by atoms with Gasteiger partial charge in [-0.3, -0.25) is 0 Å². The van der Waals surface area contributed by atoms with Gasteiger partial charge in [0.1, 0.15) is 0 Å². The van der Waals surface area contributed by atoms with Crippen LogP contribution < -0.4 is 5.32 Å². The van der Waals surface area contributed by atoms with Crippen molar-refractivity contribution < 1.29 is 14.6 Å². The van der Waals surface area contributed by atoms with E-state index in [1.807, 2.05) is 0 Å². The average Bonchev–Trinajstić information content (AvgIpc) is 3.09. The zero-order valence-electron chi connectivity index (χ0n) is 11.5. The lowest BCUT2D eigenvalue weighted by molar-refractivity contribution is 0.00270. The largest absolute Gasteiger partial charge is 0.394 e. The second kappa shape index (κ2) is 6.85. The van der Waals surface area contributed by atoms with Crippen molar-refractivity contribution in [1.29, 1.82) is 0 Å². The first-order chi connectivity index (χ1) is 8.78. The summed E-state index contributed by atoms with van der Waals surface area (Å²) in [6.07, 6.45) is 6.88. The van der Waals surface area contributed by atoms with Crippen molar-refractivity contribution in [2.24, 2.45) is 0 Å². The van der Waals surface area contributed by atoms with Crippen LogP contribution in [0.1, 0.15) is 45.4 Å². The molecule has 2 saturated carbocycles. The highest BCUT2D eigenvalue weighted by molar-refractivity contribution is 5.01. The SMILES string of the molecule is CCCOCCOC1CCC(CO)(NC2CC2)C1. The fraction of sp³-hybridized carbons (Fsp3) is 1.00. The molecular formula is C14H27NO3. The van der Waals surface area contributed by atoms with Crippen LogP contribution in [-0.4, -0.2) is 49.2 Å². The van der Waals surface area contributed by atoms with Gasteiger partial charge in [0.25, 0.3) is 0 Å². The second-order valence-corrected chi connectivity index (χ2v) is 5.71. The number of aliphatic hydroxyl groups excluding tert-OH is 1. The predicted octanol–water partition coefficient (Wildman–Crippen LogP) is 1.47. The maximum absolute atomic E-state index is 9.61. The molecule has 0 amide bonds. The van der Waals surface area contributed by atoms with Gasteiger partial charge < -0.3 is 19.9 Å². The molecule has 0 aromatic heterocycles. The summed E-state index contributed by atoms with van der Waals surface area (Å²) in [6.45, 7) is 4.52. The van der Waals surface area contributed by atoms with Crippen molar-refractivity contribution in [3.05, 3.63) is 0 Å². The Morgan fingerprint density at radius 3 is 2.72 bits per heavy atom. The van der Waals surface area contributed by atoms with E-state index in [4.69, 9.17) is 9.47 Å². The predicted molar refractivity (Wildman–Crippen MR) is 70.7 cm³/mol. The summed E-state index contributed by atoms with van der Waals surface area (Å²) in [5.74, 6) is 0. The molecular weight excluding hydrogens is 230 g/mol. The summed E-state index contributed by atoms with van der Waals surface area (Å²) >= 11 is 0. The van der Waals surface area contributed by atoms with Gasteiger partial charge >= 0.3 is 0 Å². The van der Waals surface area contributed by atoms with Gasteiger partial charge in [-0.1, -0.05) is 6.92 Å². The zero-order chi connectivity index (χ0) is 12.8. The Morgan fingerprint density at radius 2 is 2.06 bits per heavy atom. The summed E-state index contributed by atoms with van der Waals surface area (Å²) in [5.41, 5.74) is -0.0733. The van der Waals surface area contributed by atoms with E-state index in [0.29, 0.717) is 19.3 Å². The minimum atomic E-state index is -0.0733. The molecule has 0 spiro atoms. The van der Waals surface area contributed by atoms with Gasteiger partial charge in [-0.25, -0.2) is 0 Å². The van der Waals surface area contributed by atoms with Crippen molar-refractivity contribution in [2.75, 3.05) is 26.4 Å². The Kier molecular flexibility index (Phi) is 5.42. The van der Waals surface area contributed by atoms with Crippen LogP contribution in [0.2, 0.25) is 0 Å². The third-order valence-electron chi connectivity index (χ3n) is 3.88. The molecule has 0 bridgehead atoms. The number of rotatable bonds is 9. The van der Waals surface area contributed by atoms with E-state index in [9.17, 15) is 5.11 Å². The summed E-state index contributed by atoms with van der Waals surface area (Å²) in [6, 6.07) is 0.642. The van der Waals surface area contributed by atoms with Crippen molar-refractivity contribution in [3.63, 3.8) is 0 Å². The monoisotopic (exact) mass is 257 g/mol. The van der Waals surface area contributed by atoms with Crippen LogP contribution in [0, 0.1) is 0 Å². The Balaban J connectivity index is 1.63. The quantitative estimate of drug-likeness (QED) is 0.614. The van der Waals surface area contributed by atoms with E-state index >= 15 is 0 Å². The number of ether oxygens (including phenoxy) is 2. The standard InChI is InChI=1S/C14H27NO3/c1-2-7-17-8-9-18-13-5-6-14(10-13,11-16)15-12-3-4-12/h12-13,15-16H,2-11H2,1H3. The molecule has 0 heterocycles. The van der Waals surface area contributed by atoms with Crippen molar-refractivity contribution in [2.45, 2.75) is 63.1 Å². The third kappa shape index (κ3) is 4.19. The summed E-state index contributed by atoms with van der Waals surface area (Å²) in [5, 5.41) is 13.2. The van der Waals surface area contributed by atoms with Crippen LogP contribution in [0.4, 0.5) is 0 Å². The second-order valence-electron chi connectivity index (χ2n) is 5.71. The van der Waals surface area contributed by atoms with Gasteiger partial charge in [-0.05, 0) is 38.5 Å². The molecule has 2 fully saturated rings. The number of hydrogen-bond acceptors (Lipinski definition) is 4. The van der Waals surface area contributed by atoms with E-state index in [1.54, 1.807) is 0 Å². The molecule has 0 saturated heterocycles. The summed E-state index contributed by atoms with van der Waals surface area (Å²) < 4.78 is 11.2. The van der Waals surface area contributed by atoms with Crippen molar-refractivity contribution >= 4 is 0 Å². The lowest BCUT2D eigenvalue weighted by Gasteiger charge is -2.28. The summed E-state index contributed by atoms with van der Waals surface area (Å²) in [7, 11) is 0. The molecule has 18 heavy (non-hydrogen) atoms.